The van der Waals surface area contributed by atoms with Gasteiger partial charge in [0.1, 0.15) is 6.04 Å². The average Bonchev–Trinajstić information content (AvgIpc) is 2.84. The molecule has 21 heavy (non-hydrogen) atoms. The molecule has 0 radical (unpaired) electrons. The Kier molecular flexibility index (Phi) is 7.01. The fourth-order valence-corrected chi connectivity index (χ4v) is 2.81. The molecule has 0 aromatic heterocycles. The molecule has 1 fully saturated rings. The van der Waals surface area contributed by atoms with Crippen LogP contribution in [0.25, 0.3) is 0 Å². The summed E-state index contributed by atoms with van der Waals surface area (Å²) >= 11 is 1.54. The van der Waals surface area contributed by atoms with Gasteiger partial charge in [0.25, 0.3) is 0 Å². The second kappa shape index (κ2) is 8.26. The van der Waals surface area contributed by atoms with E-state index in [4.69, 9.17) is 5.11 Å². The first kappa shape index (κ1) is 17.8. The summed E-state index contributed by atoms with van der Waals surface area (Å²) in [7, 11) is 0. The van der Waals surface area contributed by atoms with Gasteiger partial charge in [-0.15, -0.1) is 0 Å². The Labute approximate surface area is 129 Å². The highest BCUT2D eigenvalue weighted by Crippen LogP contribution is 2.21. The number of aliphatic carboxylic acids is 1. The second-order valence-corrected chi connectivity index (χ2v) is 6.37. The lowest BCUT2D eigenvalue weighted by atomic mass is 10.1. The maximum Gasteiger partial charge on any atom is 0.326 e. The van der Waals surface area contributed by atoms with Crippen molar-refractivity contribution < 1.29 is 19.5 Å². The maximum atomic E-state index is 12.2. The van der Waals surface area contributed by atoms with Crippen LogP contribution in [0, 0.1) is 5.92 Å². The monoisotopic (exact) mass is 316 g/mol. The van der Waals surface area contributed by atoms with Gasteiger partial charge in [-0.1, -0.05) is 6.92 Å². The van der Waals surface area contributed by atoms with Crippen LogP contribution in [-0.4, -0.2) is 58.4 Å². The predicted octanol–water partition coefficient (Wildman–Crippen LogP) is 0.956. The molecular formula is C14H24N2O4S. The van der Waals surface area contributed by atoms with E-state index in [2.05, 4.69) is 5.32 Å². The molecule has 1 aliphatic heterocycles. The summed E-state index contributed by atoms with van der Waals surface area (Å²) in [6.07, 6.45) is 3.29. The van der Waals surface area contributed by atoms with E-state index in [-0.39, 0.29) is 24.3 Å². The Morgan fingerprint density at radius 1 is 1.52 bits per heavy atom. The Morgan fingerprint density at radius 2 is 2.19 bits per heavy atom. The van der Waals surface area contributed by atoms with Crippen molar-refractivity contribution in [1.82, 2.24) is 10.2 Å². The van der Waals surface area contributed by atoms with Gasteiger partial charge >= 0.3 is 5.97 Å². The summed E-state index contributed by atoms with van der Waals surface area (Å²) < 4.78 is 0. The Balaban J connectivity index is 2.59. The van der Waals surface area contributed by atoms with Crippen LogP contribution < -0.4 is 5.32 Å². The smallest absolute Gasteiger partial charge is 0.326 e. The number of hydrogen-bond acceptors (Lipinski definition) is 4. The first-order chi connectivity index (χ1) is 9.90. The van der Waals surface area contributed by atoms with Gasteiger partial charge in [0.15, 0.2) is 0 Å². The Bertz CT molecular complexity index is 402. The number of carbonyl (C=O) groups is 3. The predicted molar refractivity (Wildman–Crippen MR) is 82.1 cm³/mol. The first-order valence-electron chi connectivity index (χ1n) is 7.22. The number of likely N-dealkylation sites (tertiary alicyclic amines) is 1. The molecule has 3 atom stereocenters. The summed E-state index contributed by atoms with van der Waals surface area (Å²) in [5.41, 5.74) is 0. The van der Waals surface area contributed by atoms with E-state index >= 15 is 0 Å². The number of thioether (sulfide) groups is 1. The van der Waals surface area contributed by atoms with E-state index in [9.17, 15) is 14.4 Å². The lowest BCUT2D eigenvalue weighted by molar-refractivity contribution is -0.142. The minimum atomic E-state index is -1.03. The normalized spacial score (nSPS) is 21.2. The molecule has 0 aliphatic carbocycles. The zero-order valence-electron chi connectivity index (χ0n) is 12.8. The molecule has 6 nitrogen and oxygen atoms in total. The van der Waals surface area contributed by atoms with E-state index in [1.165, 1.54) is 11.8 Å². The number of rotatable bonds is 8. The molecule has 2 N–H and O–H groups in total. The molecule has 0 aromatic rings. The quantitative estimate of drug-likeness (QED) is 0.696. The van der Waals surface area contributed by atoms with Crippen molar-refractivity contribution >= 4 is 29.5 Å². The summed E-state index contributed by atoms with van der Waals surface area (Å²) in [6, 6.07) is -0.764. The molecule has 0 spiro atoms. The molecule has 1 heterocycles. The van der Waals surface area contributed by atoms with Crippen LogP contribution in [0.5, 0.6) is 0 Å². The SMILES string of the molecule is CCC(C)N1CC(C(=O)NC(CCSC)C(=O)O)CC1=O. The van der Waals surface area contributed by atoms with E-state index in [1.807, 2.05) is 20.1 Å². The van der Waals surface area contributed by atoms with Gasteiger partial charge in [-0.2, -0.15) is 11.8 Å². The standard InChI is InChI=1S/C14H24N2O4S/c1-4-9(2)16-8-10(7-12(16)17)13(18)15-11(14(19)20)5-6-21-3/h9-11H,4-8H2,1-3H3,(H,15,18)(H,19,20). The van der Waals surface area contributed by atoms with E-state index in [0.717, 1.165) is 6.42 Å². The second-order valence-electron chi connectivity index (χ2n) is 5.39. The van der Waals surface area contributed by atoms with Gasteiger partial charge in [0.2, 0.25) is 11.8 Å². The van der Waals surface area contributed by atoms with Crippen LogP contribution in [0.4, 0.5) is 0 Å². The highest BCUT2D eigenvalue weighted by molar-refractivity contribution is 7.98. The van der Waals surface area contributed by atoms with Gasteiger partial charge in [-0.25, -0.2) is 4.79 Å². The van der Waals surface area contributed by atoms with Gasteiger partial charge < -0.3 is 15.3 Å². The highest BCUT2D eigenvalue weighted by atomic mass is 32.2. The Morgan fingerprint density at radius 3 is 2.71 bits per heavy atom. The van der Waals surface area contributed by atoms with Gasteiger partial charge in [0, 0.05) is 19.0 Å². The zero-order valence-corrected chi connectivity index (χ0v) is 13.6. The lowest BCUT2D eigenvalue weighted by Gasteiger charge is -2.23. The molecule has 0 aromatic carbocycles. The largest absolute Gasteiger partial charge is 0.480 e. The number of carboxylic acid groups (broad SMARTS) is 1. The van der Waals surface area contributed by atoms with Gasteiger partial charge in [-0.05, 0) is 31.8 Å². The van der Waals surface area contributed by atoms with Crippen LogP contribution in [-0.2, 0) is 14.4 Å². The van der Waals surface area contributed by atoms with Crippen LogP contribution >= 0.6 is 11.8 Å². The number of hydrogen-bond donors (Lipinski definition) is 2. The van der Waals surface area contributed by atoms with Crippen molar-refractivity contribution in [2.24, 2.45) is 5.92 Å². The molecule has 3 unspecified atom stereocenters. The highest BCUT2D eigenvalue weighted by Gasteiger charge is 2.37. The molecule has 1 aliphatic rings. The minimum absolute atomic E-state index is 0.0273. The van der Waals surface area contributed by atoms with Crippen molar-refractivity contribution in [2.45, 2.75) is 45.2 Å². The van der Waals surface area contributed by atoms with E-state index < -0.39 is 17.9 Å². The number of nitrogens with zero attached hydrogens (tertiary/aromatic N) is 1. The first-order valence-corrected chi connectivity index (χ1v) is 8.61. The molecule has 2 amide bonds. The third-order valence-electron chi connectivity index (χ3n) is 3.88. The molecule has 120 valence electrons. The van der Waals surface area contributed by atoms with Crippen molar-refractivity contribution in [2.75, 3.05) is 18.6 Å². The average molecular weight is 316 g/mol. The molecule has 1 rings (SSSR count). The zero-order chi connectivity index (χ0) is 16.0. The molecular weight excluding hydrogens is 292 g/mol. The van der Waals surface area contributed by atoms with Crippen LogP contribution in [0.3, 0.4) is 0 Å². The molecule has 0 saturated carbocycles. The fraction of sp³-hybridized carbons (Fsp3) is 0.786. The number of amides is 2. The van der Waals surface area contributed by atoms with E-state index in [1.54, 1.807) is 4.90 Å². The minimum Gasteiger partial charge on any atom is -0.480 e. The van der Waals surface area contributed by atoms with Crippen LogP contribution in [0.1, 0.15) is 33.1 Å². The molecule has 1 saturated heterocycles. The fourth-order valence-electron chi connectivity index (χ4n) is 2.34. The third kappa shape index (κ3) is 4.91. The van der Waals surface area contributed by atoms with Gasteiger partial charge in [0.05, 0.1) is 5.92 Å². The summed E-state index contributed by atoms with van der Waals surface area (Å²) in [5.74, 6) is -1.16. The number of nitrogens with one attached hydrogen (secondary N) is 1. The third-order valence-corrected chi connectivity index (χ3v) is 4.52. The van der Waals surface area contributed by atoms with E-state index in [0.29, 0.717) is 18.7 Å². The van der Waals surface area contributed by atoms with Crippen molar-refractivity contribution in [3.63, 3.8) is 0 Å². The van der Waals surface area contributed by atoms with Crippen molar-refractivity contribution in [3.05, 3.63) is 0 Å². The van der Waals surface area contributed by atoms with Gasteiger partial charge in [-0.3, -0.25) is 9.59 Å². The summed E-state index contributed by atoms with van der Waals surface area (Å²) in [4.78, 5) is 36.9. The van der Waals surface area contributed by atoms with Crippen molar-refractivity contribution in [1.29, 1.82) is 0 Å². The Hall–Kier alpha value is -1.24. The maximum absolute atomic E-state index is 12.2. The molecule has 7 heteroatoms. The summed E-state index contributed by atoms with van der Waals surface area (Å²) in [5, 5.41) is 11.7. The van der Waals surface area contributed by atoms with Crippen LogP contribution in [0.15, 0.2) is 0 Å². The molecule has 0 bridgehead atoms. The number of carboxylic acids is 1. The number of carbonyl (C=O) groups excluding carboxylic acids is 2. The van der Waals surface area contributed by atoms with Crippen LogP contribution in [0.2, 0.25) is 0 Å². The van der Waals surface area contributed by atoms with Crippen molar-refractivity contribution in [3.8, 4) is 0 Å². The lowest BCUT2D eigenvalue weighted by Crippen LogP contribution is -2.44. The summed E-state index contributed by atoms with van der Waals surface area (Å²) in [6.45, 7) is 4.33. The topological polar surface area (TPSA) is 86.7 Å².